The van der Waals surface area contributed by atoms with Gasteiger partial charge < -0.3 is 5.11 Å². The van der Waals surface area contributed by atoms with Gasteiger partial charge in [-0.15, -0.1) is 0 Å². The van der Waals surface area contributed by atoms with Crippen LogP contribution in [0.3, 0.4) is 0 Å². The molecule has 1 N–H and O–H groups in total. The first-order chi connectivity index (χ1) is 6.83. The van der Waals surface area contributed by atoms with E-state index in [0.29, 0.717) is 12.8 Å². The normalized spacial score (nSPS) is 25.3. The van der Waals surface area contributed by atoms with E-state index >= 15 is 0 Å². The third-order valence-electron chi connectivity index (χ3n) is 2.81. The van der Waals surface area contributed by atoms with Crippen molar-refractivity contribution >= 4 is 5.78 Å². The van der Waals surface area contributed by atoms with Crippen molar-refractivity contribution in [2.24, 2.45) is 5.41 Å². The topological polar surface area (TPSA) is 37.3 Å². The second-order valence-electron chi connectivity index (χ2n) is 5.06. The van der Waals surface area contributed by atoms with Gasteiger partial charge in [-0.2, -0.15) is 0 Å². The number of hydrogen-bond donors (Lipinski definition) is 1. The van der Waals surface area contributed by atoms with E-state index in [-0.39, 0.29) is 17.3 Å². The lowest BCUT2D eigenvalue weighted by Gasteiger charge is -2.31. The fourth-order valence-electron chi connectivity index (χ4n) is 2.16. The highest BCUT2D eigenvalue weighted by atomic mass is 16.3. The fourth-order valence-corrected chi connectivity index (χ4v) is 2.16. The molecule has 0 fully saturated rings. The van der Waals surface area contributed by atoms with E-state index < -0.39 is 0 Å². The highest BCUT2D eigenvalue weighted by Gasteiger charge is 2.30. The molecular weight excluding hydrogens is 188 g/mol. The average molecular weight is 208 g/mol. The number of aliphatic hydroxyl groups excluding tert-OH is 1. The molecule has 2 heteroatoms. The van der Waals surface area contributed by atoms with Gasteiger partial charge in [-0.3, -0.25) is 4.79 Å². The van der Waals surface area contributed by atoms with Gasteiger partial charge in [-0.1, -0.05) is 19.9 Å². The molecule has 0 saturated carbocycles. The predicted octanol–water partition coefficient (Wildman–Crippen LogP) is 2.63. The standard InChI is InChI=1S/C13H20O2/c1-9-7-11(15)8-13(3,4)12(9)6-5-10(2)14/h6-7,10,14H,5,8H2,1-4H3/b12-6+. The summed E-state index contributed by atoms with van der Waals surface area (Å²) in [6.45, 7) is 7.90. The van der Waals surface area contributed by atoms with Gasteiger partial charge in [0.25, 0.3) is 0 Å². The third-order valence-corrected chi connectivity index (χ3v) is 2.81. The molecule has 1 atom stereocenters. The first-order valence-electron chi connectivity index (χ1n) is 5.43. The molecule has 1 rings (SSSR count). The third kappa shape index (κ3) is 3.03. The van der Waals surface area contributed by atoms with Crippen molar-refractivity contribution in [1.29, 1.82) is 0 Å². The van der Waals surface area contributed by atoms with Gasteiger partial charge in [0.05, 0.1) is 6.10 Å². The molecule has 0 radical (unpaired) electrons. The summed E-state index contributed by atoms with van der Waals surface area (Å²) in [5.41, 5.74) is 2.14. The molecule has 0 saturated heterocycles. The van der Waals surface area contributed by atoms with Gasteiger partial charge in [0.15, 0.2) is 5.78 Å². The first kappa shape index (κ1) is 12.2. The number of rotatable bonds is 2. The van der Waals surface area contributed by atoms with Gasteiger partial charge in [0, 0.05) is 6.42 Å². The van der Waals surface area contributed by atoms with Crippen molar-refractivity contribution in [3.8, 4) is 0 Å². The Hall–Kier alpha value is -0.890. The second-order valence-corrected chi connectivity index (χ2v) is 5.06. The summed E-state index contributed by atoms with van der Waals surface area (Å²) in [5, 5.41) is 9.26. The van der Waals surface area contributed by atoms with Crippen molar-refractivity contribution in [2.45, 2.75) is 46.6 Å². The number of hydrogen-bond acceptors (Lipinski definition) is 2. The molecule has 1 aliphatic carbocycles. The summed E-state index contributed by atoms with van der Waals surface area (Å²) in [5.74, 6) is 0.201. The second kappa shape index (κ2) is 4.31. The molecule has 15 heavy (non-hydrogen) atoms. The number of aliphatic hydroxyl groups is 1. The summed E-state index contributed by atoms with van der Waals surface area (Å²) in [7, 11) is 0. The zero-order valence-electron chi connectivity index (χ0n) is 10.0. The Balaban J connectivity index is 2.98. The Morgan fingerprint density at radius 2 is 2.20 bits per heavy atom. The van der Waals surface area contributed by atoms with Gasteiger partial charge in [-0.05, 0) is 42.9 Å². The van der Waals surface area contributed by atoms with Crippen molar-refractivity contribution in [3.05, 3.63) is 23.3 Å². The number of carbonyl (C=O) groups is 1. The molecular formula is C13H20O2. The maximum absolute atomic E-state index is 11.4. The average Bonchev–Trinajstić information content (AvgIpc) is 1.98. The minimum Gasteiger partial charge on any atom is -0.393 e. The van der Waals surface area contributed by atoms with Gasteiger partial charge in [0.1, 0.15) is 0 Å². The molecule has 1 aliphatic rings. The predicted molar refractivity (Wildman–Crippen MR) is 61.5 cm³/mol. The van der Waals surface area contributed by atoms with E-state index in [1.165, 1.54) is 5.57 Å². The summed E-state index contributed by atoms with van der Waals surface area (Å²) in [6.07, 6.45) is 4.66. The lowest BCUT2D eigenvalue weighted by atomic mass is 9.72. The number of ketones is 1. The Morgan fingerprint density at radius 1 is 1.60 bits per heavy atom. The molecule has 84 valence electrons. The van der Waals surface area contributed by atoms with Crippen LogP contribution in [0.4, 0.5) is 0 Å². The summed E-state index contributed by atoms with van der Waals surface area (Å²) in [4.78, 5) is 11.4. The Kier molecular flexibility index (Phi) is 3.50. The van der Waals surface area contributed by atoms with Crippen LogP contribution in [0.25, 0.3) is 0 Å². The molecule has 0 spiro atoms. The zero-order chi connectivity index (χ0) is 11.6. The lowest BCUT2D eigenvalue weighted by Crippen LogP contribution is -2.24. The Labute approximate surface area is 91.7 Å². The molecule has 0 amide bonds. The Bertz CT molecular complexity index is 319. The van der Waals surface area contributed by atoms with Crippen molar-refractivity contribution in [2.75, 3.05) is 0 Å². The highest BCUT2D eigenvalue weighted by Crippen LogP contribution is 2.39. The largest absolute Gasteiger partial charge is 0.393 e. The molecule has 0 aromatic rings. The van der Waals surface area contributed by atoms with Crippen LogP contribution < -0.4 is 0 Å². The van der Waals surface area contributed by atoms with E-state index in [1.54, 1.807) is 13.0 Å². The van der Waals surface area contributed by atoms with Crippen LogP contribution in [0.15, 0.2) is 23.3 Å². The molecule has 0 aromatic heterocycles. The van der Waals surface area contributed by atoms with Crippen LogP contribution >= 0.6 is 0 Å². The number of carbonyl (C=O) groups excluding carboxylic acids is 1. The van der Waals surface area contributed by atoms with Crippen molar-refractivity contribution < 1.29 is 9.90 Å². The van der Waals surface area contributed by atoms with Crippen LogP contribution in [0, 0.1) is 5.41 Å². The molecule has 1 unspecified atom stereocenters. The summed E-state index contributed by atoms with van der Waals surface area (Å²) >= 11 is 0. The van der Waals surface area contributed by atoms with Crippen LogP contribution in [0.1, 0.15) is 40.5 Å². The molecule has 0 aliphatic heterocycles. The minimum atomic E-state index is -0.321. The first-order valence-corrected chi connectivity index (χ1v) is 5.43. The summed E-state index contributed by atoms with van der Waals surface area (Å²) < 4.78 is 0. The molecule has 0 bridgehead atoms. The van der Waals surface area contributed by atoms with E-state index in [0.717, 1.165) is 5.57 Å². The van der Waals surface area contributed by atoms with Gasteiger partial charge in [-0.25, -0.2) is 0 Å². The van der Waals surface area contributed by atoms with Crippen LogP contribution in [0.2, 0.25) is 0 Å². The van der Waals surface area contributed by atoms with E-state index in [1.807, 2.05) is 6.92 Å². The maximum Gasteiger partial charge on any atom is 0.156 e. The van der Waals surface area contributed by atoms with E-state index in [9.17, 15) is 9.90 Å². The SMILES string of the molecule is CC1=CC(=O)CC(C)(C)/C1=C/CC(C)O. The van der Waals surface area contributed by atoms with E-state index in [2.05, 4.69) is 19.9 Å². The quantitative estimate of drug-likeness (QED) is 0.757. The fraction of sp³-hybridized carbons (Fsp3) is 0.615. The van der Waals surface area contributed by atoms with Crippen LogP contribution in [-0.4, -0.2) is 17.0 Å². The maximum atomic E-state index is 11.4. The summed E-state index contributed by atoms with van der Waals surface area (Å²) in [6, 6.07) is 0. The highest BCUT2D eigenvalue weighted by molar-refractivity contribution is 5.93. The molecule has 2 nitrogen and oxygen atoms in total. The molecule has 0 aromatic carbocycles. The smallest absolute Gasteiger partial charge is 0.156 e. The minimum absolute atomic E-state index is 0.0925. The zero-order valence-corrected chi connectivity index (χ0v) is 10.0. The van der Waals surface area contributed by atoms with E-state index in [4.69, 9.17) is 0 Å². The van der Waals surface area contributed by atoms with Crippen LogP contribution in [-0.2, 0) is 4.79 Å². The van der Waals surface area contributed by atoms with Gasteiger partial charge in [0.2, 0.25) is 0 Å². The number of allylic oxidation sites excluding steroid dienone is 3. The molecule has 0 heterocycles. The lowest BCUT2D eigenvalue weighted by molar-refractivity contribution is -0.116. The van der Waals surface area contributed by atoms with Crippen LogP contribution in [0.5, 0.6) is 0 Å². The van der Waals surface area contributed by atoms with Crippen molar-refractivity contribution in [3.63, 3.8) is 0 Å². The monoisotopic (exact) mass is 208 g/mol. The van der Waals surface area contributed by atoms with Crippen molar-refractivity contribution in [1.82, 2.24) is 0 Å². The Morgan fingerprint density at radius 3 is 2.67 bits per heavy atom. The van der Waals surface area contributed by atoms with Gasteiger partial charge >= 0.3 is 0 Å².